The zero-order valence-corrected chi connectivity index (χ0v) is 14.1. The van der Waals surface area contributed by atoms with Crippen LogP contribution in [0.5, 0.6) is 0 Å². The van der Waals surface area contributed by atoms with Gasteiger partial charge in [-0.2, -0.15) is 10.4 Å². The molecular weight excluding hydrogens is 312 g/mol. The van der Waals surface area contributed by atoms with Crippen LogP contribution in [0.25, 0.3) is 10.9 Å². The van der Waals surface area contributed by atoms with E-state index in [2.05, 4.69) is 26.1 Å². The van der Waals surface area contributed by atoms with Gasteiger partial charge in [-0.3, -0.25) is 0 Å². The van der Waals surface area contributed by atoms with Crippen LogP contribution in [0.3, 0.4) is 0 Å². The molecule has 4 rings (SSSR count). The van der Waals surface area contributed by atoms with Crippen molar-refractivity contribution < 1.29 is 0 Å². The number of fused-ring (bicyclic) bond motifs is 1. The van der Waals surface area contributed by atoms with Gasteiger partial charge in [0.05, 0.1) is 22.8 Å². The number of aryl methyl sites for hydroxylation is 1. The molecule has 0 saturated carbocycles. The number of piperazine rings is 1. The van der Waals surface area contributed by atoms with E-state index in [9.17, 15) is 5.26 Å². The molecule has 0 bridgehead atoms. The Kier molecular flexibility index (Phi) is 3.90. The Morgan fingerprint density at radius 2 is 1.64 bits per heavy atom. The van der Waals surface area contributed by atoms with Crippen molar-refractivity contribution in [3.8, 4) is 6.07 Å². The van der Waals surface area contributed by atoms with Gasteiger partial charge >= 0.3 is 0 Å². The van der Waals surface area contributed by atoms with Crippen molar-refractivity contribution in [1.29, 1.82) is 5.26 Å². The summed E-state index contributed by atoms with van der Waals surface area (Å²) >= 11 is 0. The van der Waals surface area contributed by atoms with E-state index < -0.39 is 0 Å². The third-order valence-corrected chi connectivity index (χ3v) is 4.53. The van der Waals surface area contributed by atoms with Gasteiger partial charge in [0.25, 0.3) is 0 Å². The summed E-state index contributed by atoms with van der Waals surface area (Å²) in [6, 6.07) is 16.0. The second kappa shape index (κ2) is 6.36. The van der Waals surface area contributed by atoms with Crippen LogP contribution in [0.2, 0.25) is 0 Å². The summed E-state index contributed by atoms with van der Waals surface area (Å²) in [4.78, 5) is 9.20. The Bertz CT molecular complexity index is 936. The summed E-state index contributed by atoms with van der Waals surface area (Å²) in [5, 5.41) is 18.8. The average Bonchev–Trinajstić information content (AvgIpc) is 2.68. The lowest BCUT2D eigenvalue weighted by Gasteiger charge is -2.36. The molecule has 0 spiro atoms. The molecule has 1 fully saturated rings. The third-order valence-electron chi connectivity index (χ3n) is 4.53. The molecule has 25 heavy (non-hydrogen) atoms. The highest BCUT2D eigenvalue weighted by Crippen LogP contribution is 2.24. The quantitative estimate of drug-likeness (QED) is 0.719. The van der Waals surface area contributed by atoms with Crippen LogP contribution in [0, 0.1) is 18.3 Å². The average molecular weight is 330 g/mol. The van der Waals surface area contributed by atoms with Crippen molar-refractivity contribution >= 4 is 22.5 Å². The summed E-state index contributed by atoms with van der Waals surface area (Å²) in [6.07, 6.45) is 0. The van der Waals surface area contributed by atoms with Gasteiger partial charge in [-0.05, 0) is 31.2 Å². The first-order valence-corrected chi connectivity index (χ1v) is 8.35. The van der Waals surface area contributed by atoms with Gasteiger partial charge in [0.15, 0.2) is 5.82 Å². The van der Waals surface area contributed by atoms with Crippen molar-refractivity contribution in [3.63, 3.8) is 0 Å². The standard InChI is InChI=1S/C19H18N6/c1-14-6-7-18(23-22-14)24-8-10-25(11-9-24)19-12-15(13-20)16-4-2-3-5-17(16)21-19/h2-7,12H,8-11H2,1H3. The fourth-order valence-electron chi connectivity index (χ4n) is 3.14. The van der Waals surface area contributed by atoms with Crippen molar-refractivity contribution in [1.82, 2.24) is 15.2 Å². The first-order chi connectivity index (χ1) is 12.2. The molecule has 0 N–H and O–H groups in total. The predicted molar refractivity (Wildman–Crippen MR) is 97.7 cm³/mol. The molecule has 6 nitrogen and oxygen atoms in total. The first kappa shape index (κ1) is 15.3. The number of rotatable bonds is 2. The molecule has 1 aliphatic heterocycles. The Balaban J connectivity index is 1.55. The van der Waals surface area contributed by atoms with E-state index in [1.165, 1.54) is 0 Å². The van der Waals surface area contributed by atoms with E-state index in [1.54, 1.807) is 0 Å². The third kappa shape index (κ3) is 2.96. The zero-order chi connectivity index (χ0) is 17.2. The van der Waals surface area contributed by atoms with Gasteiger partial charge in [-0.1, -0.05) is 18.2 Å². The Labute approximate surface area is 146 Å². The highest BCUT2D eigenvalue weighted by atomic mass is 15.3. The van der Waals surface area contributed by atoms with Crippen molar-refractivity contribution in [3.05, 3.63) is 53.7 Å². The molecule has 1 aromatic carbocycles. The molecule has 0 radical (unpaired) electrons. The lowest BCUT2D eigenvalue weighted by atomic mass is 10.1. The normalized spacial score (nSPS) is 14.6. The lowest BCUT2D eigenvalue weighted by molar-refractivity contribution is 0.638. The summed E-state index contributed by atoms with van der Waals surface area (Å²) in [5.41, 5.74) is 2.46. The molecule has 3 aromatic rings. The van der Waals surface area contributed by atoms with Gasteiger partial charge in [-0.25, -0.2) is 4.98 Å². The fraction of sp³-hybridized carbons (Fsp3) is 0.263. The number of para-hydroxylation sites is 1. The van der Waals surface area contributed by atoms with Crippen LogP contribution in [-0.2, 0) is 0 Å². The number of hydrogen-bond donors (Lipinski definition) is 0. The Morgan fingerprint density at radius 1 is 0.920 bits per heavy atom. The lowest BCUT2D eigenvalue weighted by Crippen LogP contribution is -2.47. The van der Waals surface area contributed by atoms with E-state index in [4.69, 9.17) is 4.98 Å². The number of nitriles is 1. The highest BCUT2D eigenvalue weighted by Gasteiger charge is 2.20. The molecule has 1 aliphatic rings. The maximum absolute atomic E-state index is 9.45. The second-order valence-corrected chi connectivity index (χ2v) is 6.16. The SMILES string of the molecule is Cc1ccc(N2CCN(c3cc(C#N)c4ccccc4n3)CC2)nn1. The van der Waals surface area contributed by atoms with Crippen LogP contribution in [0.4, 0.5) is 11.6 Å². The van der Waals surface area contributed by atoms with Crippen molar-refractivity contribution in [2.75, 3.05) is 36.0 Å². The maximum Gasteiger partial charge on any atom is 0.151 e. The van der Waals surface area contributed by atoms with Gasteiger partial charge < -0.3 is 9.80 Å². The minimum Gasteiger partial charge on any atom is -0.353 e. The van der Waals surface area contributed by atoms with Crippen LogP contribution >= 0.6 is 0 Å². The van der Waals surface area contributed by atoms with E-state index in [1.807, 2.05) is 49.4 Å². The number of hydrogen-bond acceptors (Lipinski definition) is 6. The number of benzene rings is 1. The van der Waals surface area contributed by atoms with Gasteiger partial charge in [0.1, 0.15) is 5.82 Å². The summed E-state index contributed by atoms with van der Waals surface area (Å²) in [5.74, 6) is 1.78. The van der Waals surface area contributed by atoms with E-state index in [-0.39, 0.29) is 0 Å². The van der Waals surface area contributed by atoms with Gasteiger partial charge in [0, 0.05) is 31.6 Å². The topological polar surface area (TPSA) is 68.9 Å². The second-order valence-electron chi connectivity index (χ2n) is 6.16. The number of nitrogens with zero attached hydrogens (tertiary/aromatic N) is 6. The Hall–Kier alpha value is -3.20. The highest BCUT2D eigenvalue weighted by molar-refractivity contribution is 5.86. The minimum atomic E-state index is 0.674. The van der Waals surface area contributed by atoms with Crippen LogP contribution < -0.4 is 9.80 Å². The predicted octanol–water partition coefficient (Wildman–Crippen LogP) is 2.53. The van der Waals surface area contributed by atoms with Crippen LogP contribution in [0.1, 0.15) is 11.3 Å². The van der Waals surface area contributed by atoms with E-state index in [0.29, 0.717) is 5.56 Å². The molecule has 6 heteroatoms. The molecule has 124 valence electrons. The molecule has 0 unspecified atom stereocenters. The van der Waals surface area contributed by atoms with Crippen LogP contribution in [0.15, 0.2) is 42.5 Å². The monoisotopic (exact) mass is 330 g/mol. The maximum atomic E-state index is 9.45. The first-order valence-electron chi connectivity index (χ1n) is 8.35. The number of anilines is 2. The number of pyridine rings is 1. The molecule has 1 saturated heterocycles. The smallest absolute Gasteiger partial charge is 0.151 e. The molecule has 0 amide bonds. The zero-order valence-electron chi connectivity index (χ0n) is 14.1. The van der Waals surface area contributed by atoms with E-state index >= 15 is 0 Å². The molecule has 3 heterocycles. The van der Waals surface area contributed by atoms with Crippen LogP contribution in [-0.4, -0.2) is 41.4 Å². The molecule has 0 aliphatic carbocycles. The Morgan fingerprint density at radius 3 is 2.32 bits per heavy atom. The fourth-order valence-corrected chi connectivity index (χ4v) is 3.14. The van der Waals surface area contributed by atoms with Crippen molar-refractivity contribution in [2.24, 2.45) is 0 Å². The van der Waals surface area contributed by atoms with Gasteiger partial charge in [0.2, 0.25) is 0 Å². The summed E-state index contributed by atoms with van der Waals surface area (Å²) in [7, 11) is 0. The molecule has 0 atom stereocenters. The largest absolute Gasteiger partial charge is 0.353 e. The minimum absolute atomic E-state index is 0.674. The van der Waals surface area contributed by atoms with Gasteiger partial charge in [-0.15, -0.1) is 5.10 Å². The van der Waals surface area contributed by atoms with Crippen molar-refractivity contribution in [2.45, 2.75) is 6.92 Å². The number of aromatic nitrogens is 3. The van der Waals surface area contributed by atoms with E-state index in [0.717, 1.165) is 54.4 Å². The molecular formula is C19H18N6. The summed E-state index contributed by atoms with van der Waals surface area (Å²) < 4.78 is 0. The molecule has 2 aromatic heterocycles. The summed E-state index contributed by atoms with van der Waals surface area (Å²) in [6.45, 7) is 5.33.